The summed E-state index contributed by atoms with van der Waals surface area (Å²) in [6.07, 6.45) is 3.30. The summed E-state index contributed by atoms with van der Waals surface area (Å²) in [7, 11) is 0. The SMILES string of the molecule is CCCNc1nc2cc(-c3ccc(C=O)cn3)cc(OC(C)C)c2o1. The number of fused-ring (bicyclic) bond motifs is 1. The fraction of sp³-hybridized carbons (Fsp3) is 0.316. The molecule has 0 saturated heterocycles. The topological polar surface area (TPSA) is 77.2 Å². The molecule has 0 amide bonds. The van der Waals surface area contributed by atoms with Crippen LogP contribution < -0.4 is 10.1 Å². The number of benzene rings is 1. The summed E-state index contributed by atoms with van der Waals surface area (Å²) >= 11 is 0. The standard InChI is InChI=1S/C19H21N3O3/c1-4-7-20-19-22-16-8-14(15-6-5-13(11-23)10-21-15)9-17(18(16)25-19)24-12(2)3/h5-6,8-12H,4,7H2,1-3H3,(H,20,22). The Morgan fingerprint density at radius 2 is 2.16 bits per heavy atom. The lowest BCUT2D eigenvalue weighted by atomic mass is 10.1. The Morgan fingerprint density at radius 3 is 2.80 bits per heavy atom. The van der Waals surface area contributed by atoms with E-state index in [0.717, 1.165) is 30.5 Å². The zero-order valence-corrected chi connectivity index (χ0v) is 14.6. The molecular formula is C19H21N3O3. The van der Waals surface area contributed by atoms with E-state index in [1.165, 1.54) is 0 Å². The van der Waals surface area contributed by atoms with Gasteiger partial charge in [-0.05, 0) is 44.5 Å². The molecule has 0 aliphatic rings. The summed E-state index contributed by atoms with van der Waals surface area (Å²) in [5.74, 6) is 0.626. The molecule has 2 aromatic heterocycles. The Bertz CT molecular complexity index is 870. The summed E-state index contributed by atoms with van der Waals surface area (Å²) < 4.78 is 11.7. The van der Waals surface area contributed by atoms with E-state index < -0.39 is 0 Å². The number of rotatable bonds is 7. The van der Waals surface area contributed by atoms with Crippen LogP contribution in [0.2, 0.25) is 0 Å². The Labute approximate surface area is 146 Å². The van der Waals surface area contributed by atoms with Gasteiger partial charge in [0.15, 0.2) is 17.6 Å². The van der Waals surface area contributed by atoms with Crippen molar-refractivity contribution in [3.8, 4) is 17.0 Å². The Hall–Kier alpha value is -2.89. The first-order valence-corrected chi connectivity index (χ1v) is 8.37. The van der Waals surface area contributed by atoms with Crippen LogP contribution in [0, 0.1) is 0 Å². The monoisotopic (exact) mass is 339 g/mol. The van der Waals surface area contributed by atoms with Crippen LogP contribution in [0.1, 0.15) is 37.6 Å². The molecule has 0 atom stereocenters. The molecule has 1 aromatic carbocycles. The molecule has 25 heavy (non-hydrogen) atoms. The lowest BCUT2D eigenvalue weighted by Crippen LogP contribution is -2.05. The highest BCUT2D eigenvalue weighted by Gasteiger charge is 2.15. The van der Waals surface area contributed by atoms with Gasteiger partial charge in [-0.2, -0.15) is 4.98 Å². The van der Waals surface area contributed by atoms with Crippen LogP contribution in [0.5, 0.6) is 5.75 Å². The van der Waals surface area contributed by atoms with Crippen molar-refractivity contribution in [1.29, 1.82) is 0 Å². The molecule has 130 valence electrons. The quantitative estimate of drug-likeness (QED) is 0.646. The van der Waals surface area contributed by atoms with Crippen molar-refractivity contribution in [2.24, 2.45) is 0 Å². The number of ether oxygens (including phenoxy) is 1. The van der Waals surface area contributed by atoms with Crippen LogP contribution in [-0.2, 0) is 0 Å². The summed E-state index contributed by atoms with van der Waals surface area (Å²) in [5, 5.41) is 3.15. The molecule has 0 spiro atoms. The predicted octanol–water partition coefficient (Wildman–Crippen LogP) is 4.31. The molecule has 6 heteroatoms. The Kier molecular flexibility index (Phi) is 4.97. The van der Waals surface area contributed by atoms with Gasteiger partial charge in [0, 0.05) is 23.9 Å². The highest BCUT2D eigenvalue weighted by molar-refractivity contribution is 5.86. The van der Waals surface area contributed by atoms with Gasteiger partial charge in [-0.1, -0.05) is 6.92 Å². The van der Waals surface area contributed by atoms with Crippen molar-refractivity contribution in [2.75, 3.05) is 11.9 Å². The van der Waals surface area contributed by atoms with E-state index in [-0.39, 0.29) is 6.10 Å². The number of carbonyl (C=O) groups is 1. The Balaban J connectivity index is 2.07. The first-order valence-electron chi connectivity index (χ1n) is 8.37. The normalized spacial score (nSPS) is 11.0. The maximum Gasteiger partial charge on any atom is 0.295 e. The van der Waals surface area contributed by atoms with E-state index in [1.807, 2.05) is 26.0 Å². The minimum absolute atomic E-state index is 0.000925. The number of hydrogen-bond donors (Lipinski definition) is 1. The lowest BCUT2D eigenvalue weighted by molar-refractivity contribution is 0.112. The third-order valence-electron chi connectivity index (χ3n) is 3.56. The number of aldehydes is 1. The molecule has 3 rings (SSSR count). The third kappa shape index (κ3) is 3.79. The van der Waals surface area contributed by atoms with E-state index in [0.29, 0.717) is 28.4 Å². The van der Waals surface area contributed by atoms with Gasteiger partial charge in [-0.3, -0.25) is 9.78 Å². The molecular weight excluding hydrogens is 318 g/mol. The highest BCUT2D eigenvalue weighted by Crippen LogP contribution is 2.34. The van der Waals surface area contributed by atoms with Gasteiger partial charge in [0.25, 0.3) is 6.01 Å². The minimum atomic E-state index is 0.000925. The maximum atomic E-state index is 10.8. The molecule has 0 bridgehead atoms. The first kappa shape index (κ1) is 17.0. The van der Waals surface area contributed by atoms with Gasteiger partial charge in [-0.15, -0.1) is 0 Å². The molecule has 2 heterocycles. The molecule has 3 aromatic rings. The smallest absolute Gasteiger partial charge is 0.295 e. The molecule has 0 aliphatic heterocycles. The maximum absolute atomic E-state index is 10.8. The number of anilines is 1. The third-order valence-corrected chi connectivity index (χ3v) is 3.56. The van der Waals surface area contributed by atoms with Gasteiger partial charge in [0.05, 0.1) is 11.8 Å². The van der Waals surface area contributed by atoms with E-state index >= 15 is 0 Å². The molecule has 0 saturated carbocycles. The number of hydrogen-bond acceptors (Lipinski definition) is 6. The summed E-state index contributed by atoms with van der Waals surface area (Å²) in [6.45, 7) is 6.79. The summed E-state index contributed by atoms with van der Waals surface area (Å²) in [5.41, 5.74) is 3.45. The predicted molar refractivity (Wildman–Crippen MR) is 97.2 cm³/mol. The van der Waals surface area contributed by atoms with Crippen LogP contribution in [-0.4, -0.2) is 28.9 Å². The fourth-order valence-electron chi connectivity index (χ4n) is 2.44. The van der Waals surface area contributed by atoms with Gasteiger partial charge >= 0.3 is 0 Å². The van der Waals surface area contributed by atoms with E-state index in [9.17, 15) is 4.79 Å². The van der Waals surface area contributed by atoms with Gasteiger partial charge in [0.1, 0.15) is 5.52 Å². The summed E-state index contributed by atoms with van der Waals surface area (Å²) in [4.78, 5) is 19.6. The van der Waals surface area contributed by atoms with E-state index in [4.69, 9.17) is 9.15 Å². The zero-order valence-electron chi connectivity index (χ0n) is 14.6. The summed E-state index contributed by atoms with van der Waals surface area (Å²) in [6, 6.07) is 7.82. The second-order valence-corrected chi connectivity index (χ2v) is 6.03. The molecule has 6 nitrogen and oxygen atoms in total. The average molecular weight is 339 g/mol. The van der Waals surface area contributed by atoms with Crippen LogP contribution in [0.4, 0.5) is 6.01 Å². The lowest BCUT2D eigenvalue weighted by Gasteiger charge is -2.11. The first-order chi connectivity index (χ1) is 12.1. The second-order valence-electron chi connectivity index (χ2n) is 6.03. The molecule has 0 fully saturated rings. The number of oxazole rings is 1. The minimum Gasteiger partial charge on any atom is -0.487 e. The highest BCUT2D eigenvalue weighted by atomic mass is 16.5. The fourth-order valence-corrected chi connectivity index (χ4v) is 2.44. The molecule has 1 N–H and O–H groups in total. The second kappa shape index (κ2) is 7.34. The largest absolute Gasteiger partial charge is 0.487 e. The van der Waals surface area contributed by atoms with Crippen molar-refractivity contribution >= 4 is 23.4 Å². The van der Waals surface area contributed by atoms with Gasteiger partial charge in [0.2, 0.25) is 0 Å². The van der Waals surface area contributed by atoms with Crippen LogP contribution in [0.25, 0.3) is 22.4 Å². The number of nitrogens with one attached hydrogen (secondary N) is 1. The van der Waals surface area contributed by atoms with Gasteiger partial charge in [-0.25, -0.2) is 0 Å². The zero-order chi connectivity index (χ0) is 17.8. The number of nitrogens with zero attached hydrogens (tertiary/aromatic N) is 2. The molecule has 0 radical (unpaired) electrons. The number of aromatic nitrogens is 2. The van der Waals surface area contributed by atoms with Crippen LogP contribution >= 0.6 is 0 Å². The van der Waals surface area contributed by atoms with Crippen molar-refractivity contribution in [2.45, 2.75) is 33.3 Å². The Morgan fingerprint density at radius 1 is 1.32 bits per heavy atom. The number of carbonyl (C=O) groups excluding carboxylic acids is 1. The average Bonchev–Trinajstić information content (AvgIpc) is 3.03. The van der Waals surface area contributed by atoms with Crippen molar-refractivity contribution in [3.63, 3.8) is 0 Å². The van der Waals surface area contributed by atoms with E-state index in [1.54, 1.807) is 18.3 Å². The van der Waals surface area contributed by atoms with E-state index in [2.05, 4.69) is 22.2 Å². The van der Waals surface area contributed by atoms with Crippen molar-refractivity contribution in [1.82, 2.24) is 9.97 Å². The van der Waals surface area contributed by atoms with Crippen molar-refractivity contribution < 1.29 is 13.9 Å². The molecule has 0 unspecified atom stereocenters. The van der Waals surface area contributed by atoms with Gasteiger partial charge < -0.3 is 14.5 Å². The van der Waals surface area contributed by atoms with Crippen LogP contribution in [0.15, 0.2) is 34.9 Å². The number of pyridine rings is 1. The van der Waals surface area contributed by atoms with Crippen molar-refractivity contribution in [3.05, 3.63) is 36.0 Å². The molecule has 0 aliphatic carbocycles. The van der Waals surface area contributed by atoms with Crippen LogP contribution in [0.3, 0.4) is 0 Å².